The Kier molecular flexibility index (Phi) is 3.97. The van der Waals surface area contributed by atoms with E-state index in [1.54, 1.807) is 35.3 Å². The third-order valence-corrected chi connectivity index (χ3v) is 2.57. The quantitative estimate of drug-likeness (QED) is 0.755. The molecule has 0 atom stereocenters. The molecule has 0 radical (unpaired) electrons. The second kappa shape index (κ2) is 5.85. The normalized spacial score (nSPS) is 10.2. The summed E-state index contributed by atoms with van der Waals surface area (Å²) in [7, 11) is 1.51. The van der Waals surface area contributed by atoms with E-state index in [4.69, 9.17) is 10.5 Å². The number of nitrogens with zero attached hydrogens (tertiary/aromatic N) is 3. The van der Waals surface area contributed by atoms with Crippen LogP contribution in [0.2, 0.25) is 0 Å². The van der Waals surface area contributed by atoms with Crippen LogP contribution in [0.25, 0.3) is 0 Å². The van der Waals surface area contributed by atoms with Crippen LogP contribution in [-0.4, -0.2) is 34.6 Å². The largest absolute Gasteiger partial charge is 0.496 e. The number of rotatable bonds is 5. The topological polar surface area (TPSA) is 95.1 Å². The highest BCUT2D eigenvalue weighted by molar-refractivity contribution is 5.97. The molecule has 1 aromatic carbocycles. The summed E-state index contributed by atoms with van der Waals surface area (Å²) >= 11 is 0. The average molecular weight is 261 g/mol. The van der Waals surface area contributed by atoms with Crippen molar-refractivity contribution >= 4 is 11.6 Å². The molecular formula is C12H15N5O2. The Hall–Kier alpha value is -2.57. The van der Waals surface area contributed by atoms with Gasteiger partial charge in [0.2, 0.25) is 0 Å². The van der Waals surface area contributed by atoms with Gasteiger partial charge in [-0.25, -0.2) is 0 Å². The lowest BCUT2D eigenvalue weighted by atomic mass is 10.1. The molecule has 1 heterocycles. The van der Waals surface area contributed by atoms with Crippen molar-refractivity contribution in [2.75, 3.05) is 19.4 Å². The maximum atomic E-state index is 12.0. The number of ether oxygens (including phenoxy) is 1. The Balaban J connectivity index is 1.97. The van der Waals surface area contributed by atoms with Crippen LogP contribution >= 0.6 is 0 Å². The number of methoxy groups -OCH3 is 1. The van der Waals surface area contributed by atoms with Gasteiger partial charge in [-0.15, -0.1) is 5.10 Å². The average Bonchev–Trinajstić information content (AvgIpc) is 2.91. The second-order valence-corrected chi connectivity index (χ2v) is 3.88. The van der Waals surface area contributed by atoms with Gasteiger partial charge in [0.1, 0.15) is 5.75 Å². The molecular weight excluding hydrogens is 246 g/mol. The van der Waals surface area contributed by atoms with E-state index >= 15 is 0 Å². The number of benzene rings is 1. The van der Waals surface area contributed by atoms with Gasteiger partial charge in [-0.2, -0.15) is 0 Å². The Morgan fingerprint density at radius 1 is 1.53 bits per heavy atom. The molecule has 0 aliphatic rings. The zero-order chi connectivity index (χ0) is 13.7. The van der Waals surface area contributed by atoms with Crippen molar-refractivity contribution in [2.24, 2.45) is 0 Å². The van der Waals surface area contributed by atoms with E-state index in [0.717, 1.165) is 0 Å². The number of nitrogens with one attached hydrogen (secondary N) is 1. The minimum Gasteiger partial charge on any atom is -0.496 e. The molecule has 1 amide bonds. The van der Waals surface area contributed by atoms with Gasteiger partial charge in [0.05, 0.1) is 25.4 Å². The van der Waals surface area contributed by atoms with E-state index in [1.807, 2.05) is 0 Å². The van der Waals surface area contributed by atoms with Gasteiger partial charge >= 0.3 is 0 Å². The highest BCUT2D eigenvalue weighted by Crippen LogP contribution is 2.20. The molecule has 2 rings (SSSR count). The summed E-state index contributed by atoms with van der Waals surface area (Å²) in [6.45, 7) is 0.997. The van der Waals surface area contributed by atoms with E-state index < -0.39 is 0 Å². The van der Waals surface area contributed by atoms with Crippen LogP contribution < -0.4 is 15.8 Å². The van der Waals surface area contributed by atoms with Crippen LogP contribution in [0.3, 0.4) is 0 Å². The number of amides is 1. The van der Waals surface area contributed by atoms with Crippen LogP contribution in [0.15, 0.2) is 30.6 Å². The molecule has 0 saturated carbocycles. The summed E-state index contributed by atoms with van der Waals surface area (Å²) < 4.78 is 6.77. The van der Waals surface area contributed by atoms with Gasteiger partial charge in [-0.05, 0) is 18.2 Å². The SMILES string of the molecule is COc1ccc(N)cc1C(=O)NCCn1ccnn1. The molecule has 0 fully saturated rings. The summed E-state index contributed by atoms with van der Waals surface area (Å²) in [6.07, 6.45) is 3.32. The standard InChI is InChI=1S/C12H15N5O2/c1-19-11-3-2-9(13)8-10(11)12(18)14-4-6-17-7-5-15-16-17/h2-3,5,7-8H,4,6,13H2,1H3,(H,14,18). The first kappa shape index (κ1) is 12.9. The van der Waals surface area contributed by atoms with Crippen molar-refractivity contribution in [2.45, 2.75) is 6.54 Å². The van der Waals surface area contributed by atoms with E-state index in [9.17, 15) is 4.79 Å². The third kappa shape index (κ3) is 3.21. The fraction of sp³-hybridized carbons (Fsp3) is 0.250. The minimum atomic E-state index is -0.232. The minimum absolute atomic E-state index is 0.232. The number of anilines is 1. The molecule has 2 aromatic rings. The Morgan fingerprint density at radius 2 is 2.37 bits per heavy atom. The van der Waals surface area contributed by atoms with Crippen LogP contribution in [-0.2, 0) is 6.54 Å². The summed E-state index contributed by atoms with van der Waals surface area (Å²) in [5.74, 6) is 0.261. The van der Waals surface area contributed by atoms with Crippen LogP contribution in [0, 0.1) is 0 Å². The molecule has 0 saturated heterocycles. The second-order valence-electron chi connectivity index (χ2n) is 3.88. The lowest BCUT2D eigenvalue weighted by Gasteiger charge is -2.10. The third-order valence-electron chi connectivity index (χ3n) is 2.57. The van der Waals surface area contributed by atoms with Crippen molar-refractivity contribution in [1.29, 1.82) is 0 Å². The fourth-order valence-electron chi connectivity index (χ4n) is 1.63. The Labute approximate surface area is 110 Å². The van der Waals surface area contributed by atoms with Crippen LogP contribution in [0.4, 0.5) is 5.69 Å². The maximum Gasteiger partial charge on any atom is 0.255 e. The first-order valence-electron chi connectivity index (χ1n) is 5.76. The molecule has 7 nitrogen and oxygen atoms in total. The van der Waals surface area contributed by atoms with E-state index in [-0.39, 0.29) is 5.91 Å². The molecule has 100 valence electrons. The lowest BCUT2D eigenvalue weighted by molar-refractivity contribution is 0.0949. The molecule has 1 aromatic heterocycles. The number of hydrogen-bond donors (Lipinski definition) is 2. The summed E-state index contributed by atoms with van der Waals surface area (Å²) in [6, 6.07) is 4.94. The van der Waals surface area contributed by atoms with Crippen LogP contribution in [0.5, 0.6) is 5.75 Å². The zero-order valence-electron chi connectivity index (χ0n) is 10.5. The molecule has 0 bridgehead atoms. The first-order chi connectivity index (χ1) is 9.20. The van der Waals surface area contributed by atoms with Gasteiger partial charge in [0.25, 0.3) is 5.91 Å². The van der Waals surface area contributed by atoms with Crippen molar-refractivity contribution in [3.8, 4) is 5.75 Å². The molecule has 0 aliphatic heterocycles. The highest BCUT2D eigenvalue weighted by atomic mass is 16.5. The van der Waals surface area contributed by atoms with Crippen molar-refractivity contribution in [3.05, 3.63) is 36.2 Å². The van der Waals surface area contributed by atoms with Crippen molar-refractivity contribution in [3.63, 3.8) is 0 Å². The van der Waals surface area contributed by atoms with Crippen molar-refractivity contribution < 1.29 is 9.53 Å². The van der Waals surface area contributed by atoms with Crippen LogP contribution in [0.1, 0.15) is 10.4 Å². The van der Waals surface area contributed by atoms with Gasteiger partial charge in [-0.3, -0.25) is 9.48 Å². The maximum absolute atomic E-state index is 12.0. The first-order valence-corrected chi connectivity index (χ1v) is 5.76. The van der Waals surface area contributed by atoms with E-state index in [0.29, 0.717) is 30.1 Å². The predicted molar refractivity (Wildman–Crippen MR) is 69.8 cm³/mol. The molecule has 7 heteroatoms. The molecule has 3 N–H and O–H groups in total. The highest BCUT2D eigenvalue weighted by Gasteiger charge is 2.12. The summed E-state index contributed by atoms with van der Waals surface area (Å²) in [5, 5.41) is 10.3. The number of hydrogen-bond acceptors (Lipinski definition) is 5. The van der Waals surface area contributed by atoms with Gasteiger partial charge in [-0.1, -0.05) is 5.21 Å². The van der Waals surface area contributed by atoms with E-state index in [2.05, 4.69) is 15.6 Å². The molecule has 0 aliphatic carbocycles. The monoisotopic (exact) mass is 261 g/mol. The van der Waals surface area contributed by atoms with Gasteiger partial charge in [0.15, 0.2) is 0 Å². The van der Waals surface area contributed by atoms with Gasteiger partial charge < -0.3 is 15.8 Å². The van der Waals surface area contributed by atoms with Gasteiger partial charge in [0, 0.05) is 18.4 Å². The number of nitrogen functional groups attached to an aromatic ring is 1. The number of nitrogens with two attached hydrogens (primary N) is 1. The molecule has 0 unspecified atom stereocenters. The smallest absolute Gasteiger partial charge is 0.255 e. The Morgan fingerprint density at radius 3 is 3.05 bits per heavy atom. The summed E-state index contributed by atoms with van der Waals surface area (Å²) in [4.78, 5) is 12.0. The lowest BCUT2D eigenvalue weighted by Crippen LogP contribution is -2.27. The molecule has 19 heavy (non-hydrogen) atoms. The zero-order valence-corrected chi connectivity index (χ0v) is 10.5. The number of carbonyl (C=O) groups excluding carboxylic acids is 1. The number of carbonyl (C=O) groups is 1. The molecule has 0 spiro atoms. The number of aromatic nitrogens is 3. The predicted octanol–water partition coefficient (Wildman–Crippen LogP) is 0.299. The van der Waals surface area contributed by atoms with Crippen molar-refractivity contribution in [1.82, 2.24) is 20.3 Å². The van der Waals surface area contributed by atoms with E-state index in [1.165, 1.54) is 7.11 Å². The summed E-state index contributed by atoms with van der Waals surface area (Å²) in [5.41, 5.74) is 6.60. The Bertz CT molecular complexity index is 553. The fourth-order valence-corrected chi connectivity index (χ4v) is 1.63.